The molecule has 0 radical (unpaired) electrons. The summed E-state index contributed by atoms with van der Waals surface area (Å²) in [5, 5.41) is 3.20. The molecule has 178 valence electrons. The highest BCUT2D eigenvalue weighted by Gasteiger charge is 2.36. The molecule has 0 aliphatic carbocycles. The number of halogens is 3. The lowest BCUT2D eigenvalue weighted by atomic mass is 10.1. The quantitative estimate of drug-likeness (QED) is 0.560. The van der Waals surface area contributed by atoms with Crippen molar-refractivity contribution in [3.05, 3.63) is 17.7 Å². The number of hydrogen-bond donors (Lipinski definition) is 1. The number of carbonyl (C=O) groups excluding carboxylic acids is 1. The van der Waals surface area contributed by atoms with Crippen LogP contribution in [-0.2, 0) is 11.3 Å². The molecule has 1 atom stereocenters. The number of nitrogens with zero attached hydrogens (tertiary/aromatic N) is 3. The van der Waals surface area contributed by atoms with Crippen LogP contribution in [0.4, 0.5) is 13.6 Å². The van der Waals surface area contributed by atoms with Gasteiger partial charge in [0, 0.05) is 37.8 Å². The van der Waals surface area contributed by atoms with Crippen LogP contribution in [0.1, 0.15) is 26.3 Å². The molecule has 1 saturated heterocycles. The predicted molar refractivity (Wildman–Crippen MR) is 122 cm³/mol. The van der Waals surface area contributed by atoms with Gasteiger partial charge in [-0.15, -0.1) is 24.0 Å². The molecule has 1 aromatic rings. The van der Waals surface area contributed by atoms with Crippen LogP contribution in [0.25, 0.3) is 0 Å². The first-order valence-corrected chi connectivity index (χ1v) is 10.1. The number of nitrogens with one attached hydrogen (secondary N) is 1. The number of fused-ring (bicyclic) bond motifs is 2. The van der Waals surface area contributed by atoms with Gasteiger partial charge in [0.2, 0.25) is 6.79 Å². The van der Waals surface area contributed by atoms with E-state index < -0.39 is 12.2 Å². The summed E-state index contributed by atoms with van der Waals surface area (Å²) in [5.41, 5.74) is -0.0430. The van der Waals surface area contributed by atoms with E-state index in [-0.39, 0.29) is 55.2 Å². The lowest BCUT2D eigenvalue weighted by Gasteiger charge is -2.39. The Morgan fingerprint density at radius 1 is 1.28 bits per heavy atom. The second kappa shape index (κ2) is 9.71. The van der Waals surface area contributed by atoms with Crippen LogP contribution < -0.4 is 19.5 Å². The Morgan fingerprint density at radius 3 is 2.69 bits per heavy atom. The third-order valence-electron chi connectivity index (χ3n) is 5.07. The van der Waals surface area contributed by atoms with E-state index in [1.54, 1.807) is 11.0 Å². The molecule has 0 spiro atoms. The van der Waals surface area contributed by atoms with Gasteiger partial charge < -0.3 is 34.1 Å². The number of alkyl halides is 2. The highest BCUT2D eigenvalue weighted by molar-refractivity contribution is 14.0. The zero-order chi connectivity index (χ0) is 22.2. The molecular weight excluding hydrogens is 541 g/mol. The standard InChI is InChI=1S/C20H26F2N4O5.HI/c1-20(2,3)31-19(27)25-4-5-26-13(10-25)9-24-18(26)23-8-12-6-15-16(29-11-28-15)7-14(12)30-17(21)22;/h6-7,13,17H,4-5,8-11H2,1-3H3,(H,23,24);1H. The van der Waals surface area contributed by atoms with Gasteiger partial charge in [0.25, 0.3) is 0 Å². The Morgan fingerprint density at radius 2 is 2.00 bits per heavy atom. The molecule has 1 N–H and O–H groups in total. The zero-order valence-corrected chi connectivity index (χ0v) is 20.4. The molecule has 1 unspecified atom stereocenters. The first kappa shape index (κ1) is 24.4. The van der Waals surface area contributed by atoms with Crippen LogP contribution in [0.5, 0.6) is 17.2 Å². The maximum absolute atomic E-state index is 12.8. The van der Waals surface area contributed by atoms with E-state index in [2.05, 4.69) is 19.9 Å². The van der Waals surface area contributed by atoms with Gasteiger partial charge in [-0.2, -0.15) is 8.78 Å². The summed E-state index contributed by atoms with van der Waals surface area (Å²) < 4.78 is 46.4. The van der Waals surface area contributed by atoms with Gasteiger partial charge in [0.05, 0.1) is 12.6 Å². The predicted octanol–water partition coefficient (Wildman–Crippen LogP) is 3.02. The molecule has 1 fully saturated rings. The lowest BCUT2D eigenvalue weighted by molar-refractivity contribution is -0.0505. The molecule has 3 aliphatic rings. The fourth-order valence-corrected chi connectivity index (χ4v) is 3.71. The number of amides is 1. The van der Waals surface area contributed by atoms with E-state index in [4.69, 9.17) is 14.2 Å². The number of hydrogen-bond acceptors (Lipinski definition) is 8. The Bertz CT molecular complexity index is 880. The number of guanidine groups is 1. The Kier molecular flexibility index (Phi) is 7.40. The molecule has 12 heteroatoms. The topological polar surface area (TPSA) is 84.9 Å². The van der Waals surface area contributed by atoms with Crippen LogP contribution in [0.15, 0.2) is 17.1 Å². The van der Waals surface area contributed by atoms with Crippen molar-refractivity contribution in [2.24, 2.45) is 4.99 Å². The minimum atomic E-state index is -2.95. The maximum Gasteiger partial charge on any atom is 0.410 e. The van der Waals surface area contributed by atoms with Crippen molar-refractivity contribution < 1.29 is 32.5 Å². The van der Waals surface area contributed by atoms with Gasteiger partial charge in [-0.25, -0.2) is 4.79 Å². The molecule has 9 nitrogen and oxygen atoms in total. The third-order valence-corrected chi connectivity index (χ3v) is 5.07. The summed E-state index contributed by atoms with van der Waals surface area (Å²) in [7, 11) is 0. The Balaban J connectivity index is 0.00000289. The fraction of sp³-hybridized carbons (Fsp3) is 0.600. The van der Waals surface area contributed by atoms with E-state index in [0.717, 1.165) is 0 Å². The molecular formula is C20H27F2IN4O5. The number of piperazine rings is 1. The molecule has 1 aromatic carbocycles. The van der Waals surface area contributed by atoms with Crippen molar-refractivity contribution in [2.75, 3.05) is 33.0 Å². The largest absolute Gasteiger partial charge is 0.454 e. The summed E-state index contributed by atoms with van der Waals surface area (Å²) in [6.07, 6.45) is -0.331. The van der Waals surface area contributed by atoms with Crippen molar-refractivity contribution in [3.63, 3.8) is 0 Å². The molecule has 0 aromatic heterocycles. The van der Waals surface area contributed by atoms with E-state index in [0.29, 0.717) is 49.2 Å². The number of aliphatic imine (C=N–C) groups is 1. The number of benzene rings is 1. The maximum atomic E-state index is 12.8. The minimum Gasteiger partial charge on any atom is -0.454 e. The van der Waals surface area contributed by atoms with Crippen LogP contribution in [-0.4, -0.2) is 73.1 Å². The second-order valence-electron chi connectivity index (χ2n) is 8.48. The first-order chi connectivity index (χ1) is 14.7. The fourth-order valence-electron chi connectivity index (χ4n) is 3.71. The monoisotopic (exact) mass is 568 g/mol. The molecule has 3 aliphatic heterocycles. The van der Waals surface area contributed by atoms with Gasteiger partial charge in [0.15, 0.2) is 17.5 Å². The second-order valence-corrected chi connectivity index (χ2v) is 8.48. The first-order valence-electron chi connectivity index (χ1n) is 10.1. The van der Waals surface area contributed by atoms with Crippen molar-refractivity contribution in [2.45, 2.75) is 45.6 Å². The van der Waals surface area contributed by atoms with E-state index in [9.17, 15) is 13.6 Å². The smallest absolute Gasteiger partial charge is 0.410 e. The summed E-state index contributed by atoms with van der Waals surface area (Å²) in [6, 6.07) is 3.07. The van der Waals surface area contributed by atoms with Crippen LogP contribution in [0.3, 0.4) is 0 Å². The normalized spacial score (nSPS) is 19.3. The summed E-state index contributed by atoms with van der Waals surface area (Å²) in [5.74, 6) is 1.54. The van der Waals surface area contributed by atoms with Crippen LogP contribution in [0, 0.1) is 0 Å². The lowest BCUT2D eigenvalue weighted by Crippen LogP contribution is -2.57. The van der Waals surface area contributed by atoms with Crippen molar-refractivity contribution >= 4 is 36.0 Å². The molecule has 0 bridgehead atoms. The number of rotatable bonds is 4. The van der Waals surface area contributed by atoms with E-state index in [1.165, 1.54) is 6.07 Å². The van der Waals surface area contributed by atoms with Crippen molar-refractivity contribution in [1.82, 2.24) is 15.1 Å². The average Bonchev–Trinajstić information content (AvgIpc) is 3.30. The highest BCUT2D eigenvalue weighted by Crippen LogP contribution is 2.38. The van der Waals surface area contributed by atoms with Gasteiger partial charge in [-0.1, -0.05) is 0 Å². The number of carbonyl (C=O) groups is 1. The molecule has 3 heterocycles. The minimum absolute atomic E-state index is 0. The van der Waals surface area contributed by atoms with Crippen LogP contribution >= 0.6 is 24.0 Å². The molecule has 4 rings (SSSR count). The summed E-state index contributed by atoms with van der Waals surface area (Å²) in [6.45, 7) is 4.96. The summed E-state index contributed by atoms with van der Waals surface area (Å²) in [4.78, 5) is 20.7. The molecule has 1 amide bonds. The Hall–Kier alpha value is -2.25. The van der Waals surface area contributed by atoms with Crippen molar-refractivity contribution in [1.29, 1.82) is 0 Å². The summed E-state index contributed by atoms with van der Waals surface area (Å²) >= 11 is 0. The molecule has 32 heavy (non-hydrogen) atoms. The SMILES string of the molecule is CC(C)(C)OC(=O)N1CCN2C(NCc3cc4c(cc3OC(F)F)OCO4)=NCC2C1.I. The molecule has 0 saturated carbocycles. The number of ether oxygens (including phenoxy) is 4. The zero-order valence-electron chi connectivity index (χ0n) is 18.1. The third kappa shape index (κ3) is 5.56. The van der Waals surface area contributed by atoms with Gasteiger partial charge in [-0.05, 0) is 26.8 Å². The van der Waals surface area contributed by atoms with Gasteiger partial charge >= 0.3 is 12.7 Å². The van der Waals surface area contributed by atoms with E-state index >= 15 is 0 Å². The van der Waals surface area contributed by atoms with E-state index in [1.807, 2.05) is 20.8 Å². The van der Waals surface area contributed by atoms with Crippen LogP contribution in [0.2, 0.25) is 0 Å². The highest BCUT2D eigenvalue weighted by atomic mass is 127. The van der Waals surface area contributed by atoms with Crippen molar-refractivity contribution in [3.8, 4) is 17.2 Å². The van der Waals surface area contributed by atoms with Gasteiger partial charge in [-0.3, -0.25) is 4.99 Å². The average molecular weight is 568 g/mol. The Labute approximate surface area is 202 Å². The van der Waals surface area contributed by atoms with Gasteiger partial charge in [0.1, 0.15) is 11.4 Å².